The van der Waals surface area contributed by atoms with Gasteiger partial charge in [0.15, 0.2) is 0 Å². The number of benzene rings is 2. The molecule has 8 nitrogen and oxygen atoms in total. The largest absolute Gasteiger partial charge is 0.383 e. The van der Waals surface area contributed by atoms with Crippen molar-refractivity contribution in [3.8, 4) is 11.8 Å². The Hall–Kier alpha value is -3.22. The number of hydrogen-bond donors (Lipinski definition) is 5. The molecule has 0 spiro atoms. The minimum Gasteiger partial charge on any atom is -0.383 e. The van der Waals surface area contributed by atoms with E-state index >= 15 is 0 Å². The number of methoxy groups -OCH3 is 1. The predicted molar refractivity (Wildman–Crippen MR) is 117 cm³/mol. The molecule has 0 saturated heterocycles. The van der Waals surface area contributed by atoms with Crippen molar-refractivity contribution in [1.29, 1.82) is 0 Å². The van der Waals surface area contributed by atoms with Crippen molar-refractivity contribution in [2.75, 3.05) is 20.3 Å². The molecule has 31 heavy (non-hydrogen) atoms. The lowest BCUT2D eigenvalue weighted by atomic mass is 10.1. The van der Waals surface area contributed by atoms with Gasteiger partial charge in [-0.25, -0.2) is 5.48 Å². The van der Waals surface area contributed by atoms with Crippen LogP contribution in [-0.4, -0.2) is 49.4 Å². The summed E-state index contributed by atoms with van der Waals surface area (Å²) in [6, 6.07) is 12.9. The van der Waals surface area contributed by atoms with Crippen LogP contribution >= 0.6 is 0 Å². The highest BCUT2D eigenvalue weighted by molar-refractivity contribution is 5.97. The second-order valence-electron chi connectivity index (χ2n) is 6.98. The molecule has 2 rings (SSSR count). The van der Waals surface area contributed by atoms with Crippen molar-refractivity contribution < 1.29 is 19.5 Å². The second kappa shape index (κ2) is 12.5. The zero-order valence-corrected chi connectivity index (χ0v) is 17.6. The number of rotatable bonds is 9. The summed E-state index contributed by atoms with van der Waals surface area (Å²) in [5.41, 5.74) is 10.3. The third-order valence-electron chi connectivity index (χ3n) is 4.47. The van der Waals surface area contributed by atoms with Gasteiger partial charge in [0, 0.05) is 42.9 Å². The molecule has 2 amide bonds. The Morgan fingerprint density at radius 3 is 2.16 bits per heavy atom. The maximum atomic E-state index is 12.3. The fraction of sp³-hybridized carbons (Fsp3) is 0.304. The number of hydroxylamine groups is 1. The Labute approximate surface area is 182 Å². The lowest BCUT2D eigenvalue weighted by molar-refractivity contribution is -0.131. The molecule has 0 aliphatic heterocycles. The third-order valence-corrected chi connectivity index (χ3v) is 4.47. The highest BCUT2D eigenvalue weighted by Crippen LogP contribution is 2.07. The highest BCUT2D eigenvalue weighted by atomic mass is 16.5. The zero-order chi connectivity index (χ0) is 22.6. The van der Waals surface area contributed by atoms with Crippen LogP contribution in [0.3, 0.4) is 0 Å². The summed E-state index contributed by atoms with van der Waals surface area (Å²) in [6.45, 7) is 3.80. The Bertz CT molecular complexity index is 915. The molecule has 0 fully saturated rings. The van der Waals surface area contributed by atoms with E-state index in [-0.39, 0.29) is 0 Å². The van der Waals surface area contributed by atoms with Gasteiger partial charge < -0.3 is 21.1 Å². The van der Waals surface area contributed by atoms with Crippen LogP contribution in [0.2, 0.25) is 0 Å². The van der Waals surface area contributed by atoms with Gasteiger partial charge in [0.1, 0.15) is 6.04 Å². The Balaban J connectivity index is 1.96. The van der Waals surface area contributed by atoms with Crippen LogP contribution in [0.15, 0.2) is 48.5 Å². The van der Waals surface area contributed by atoms with Crippen LogP contribution in [0.25, 0.3) is 0 Å². The Morgan fingerprint density at radius 2 is 1.65 bits per heavy atom. The first-order valence-corrected chi connectivity index (χ1v) is 9.85. The molecule has 8 heteroatoms. The molecule has 0 aromatic heterocycles. The quantitative estimate of drug-likeness (QED) is 0.175. The summed E-state index contributed by atoms with van der Waals surface area (Å²) in [6.07, 6.45) is 0. The molecule has 0 saturated carbocycles. The van der Waals surface area contributed by atoms with Gasteiger partial charge in [-0.1, -0.05) is 24.0 Å². The summed E-state index contributed by atoms with van der Waals surface area (Å²) in [7, 11) is 1.67. The summed E-state index contributed by atoms with van der Waals surface area (Å²) >= 11 is 0. The van der Waals surface area contributed by atoms with Crippen molar-refractivity contribution >= 4 is 11.8 Å². The highest BCUT2D eigenvalue weighted by Gasteiger charge is 2.24. The Morgan fingerprint density at radius 1 is 1.06 bits per heavy atom. The number of ether oxygens (including phenoxy) is 1. The van der Waals surface area contributed by atoms with Gasteiger partial charge in [-0.3, -0.25) is 14.8 Å². The number of nitrogens with one attached hydrogen (secondary N) is 3. The van der Waals surface area contributed by atoms with E-state index < -0.39 is 23.9 Å². The van der Waals surface area contributed by atoms with Crippen molar-refractivity contribution in [2.24, 2.45) is 5.73 Å². The molecule has 0 heterocycles. The van der Waals surface area contributed by atoms with Gasteiger partial charge in [0.05, 0.1) is 6.61 Å². The van der Waals surface area contributed by atoms with Crippen LogP contribution in [0.4, 0.5) is 0 Å². The standard InChI is InChI=1S/C23H28N4O4/c1-16(24)21(23(29)27-30)26-22(28)20-11-9-18(10-12-20)4-3-17-5-7-19(8-6-17)15-25-13-14-31-2/h5-12,16,21,25,30H,13-15,24H2,1-2H3,(H,26,28)(H,27,29). The minimum atomic E-state index is -1.05. The molecule has 164 valence electrons. The van der Waals surface area contributed by atoms with Crippen LogP contribution < -0.4 is 21.8 Å². The zero-order valence-electron chi connectivity index (χ0n) is 17.6. The first-order chi connectivity index (χ1) is 14.9. The average molecular weight is 425 g/mol. The van der Waals surface area contributed by atoms with Crippen LogP contribution in [0.5, 0.6) is 0 Å². The van der Waals surface area contributed by atoms with Crippen molar-refractivity contribution in [1.82, 2.24) is 16.1 Å². The van der Waals surface area contributed by atoms with Crippen LogP contribution in [0.1, 0.15) is 34.0 Å². The molecule has 2 unspecified atom stereocenters. The van der Waals surface area contributed by atoms with Gasteiger partial charge in [-0.15, -0.1) is 0 Å². The molecule has 2 atom stereocenters. The van der Waals surface area contributed by atoms with Gasteiger partial charge in [0.2, 0.25) is 0 Å². The van der Waals surface area contributed by atoms with E-state index in [1.807, 2.05) is 24.3 Å². The fourth-order valence-corrected chi connectivity index (χ4v) is 2.69. The van der Waals surface area contributed by atoms with E-state index in [9.17, 15) is 9.59 Å². The summed E-state index contributed by atoms with van der Waals surface area (Å²) in [5.74, 6) is 4.91. The molecular formula is C23H28N4O4. The maximum Gasteiger partial charge on any atom is 0.267 e. The molecule has 6 N–H and O–H groups in total. The van der Waals surface area contributed by atoms with Crippen LogP contribution in [-0.2, 0) is 16.1 Å². The number of nitrogens with two attached hydrogens (primary N) is 1. The molecule has 0 aliphatic rings. The van der Waals surface area contributed by atoms with Crippen LogP contribution in [0, 0.1) is 11.8 Å². The average Bonchev–Trinajstić information content (AvgIpc) is 2.79. The number of carbonyl (C=O) groups is 2. The molecular weight excluding hydrogens is 396 g/mol. The minimum absolute atomic E-state index is 0.354. The first kappa shape index (κ1) is 24.1. The first-order valence-electron chi connectivity index (χ1n) is 9.85. The maximum absolute atomic E-state index is 12.3. The number of carbonyl (C=O) groups excluding carboxylic acids is 2. The molecule has 0 bridgehead atoms. The SMILES string of the molecule is COCCNCc1ccc(C#Cc2ccc(C(=O)NC(C(=O)NO)C(C)N)cc2)cc1. The summed E-state index contributed by atoms with van der Waals surface area (Å²) in [4.78, 5) is 23.9. The summed E-state index contributed by atoms with van der Waals surface area (Å²) < 4.78 is 5.00. The molecule has 2 aromatic rings. The van der Waals surface area contributed by atoms with E-state index in [0.29, 0.717) is 12.2 Å². The third kappa shape index (κ3) is 7.85. The fourth-order valence-electron chi connectivity index (χ4n) is 2.69. The smallest absolute Gasteiger partial charge is 0.267 e. The number of hydrogen-bond acceptors (Lipinski definition) is 6. The van der Waals surface area contributed by atoms with Gasteiger partial charge in [0.25, 0.3) is 11.8 Å². The molecule has 0 radical (unpaired) electrons. The van der Waals surface area contributed by atoms with E-state index in [1.165, 1.54) is 5.48 Å². The molecule has 2 aromatic carbocycles. The van der Waals surface area contributed by atoms with Gasteiger partial charge in [-0.05, 0) is 48.9 Å². The van der Waals surface area contributed by atoms with E-state index in [1.54, 1.807) is 38.3 Å². The van der Waals surface area contributed by atoms with E-state index in [2.05, 4.69) is 22.5 Å². The normalized spacial score (nSPS) is 12.3. The monoisotopic (exact) mass is 424 g/mol. The molecule has 0 aliphatic carbocycles. The predicted octanol–water partition coefficient (Wildman–Crippen LogP) is 0.773. The van der Waals surface area contributed by atoms with Gasteiger partial charge in [-0.2, -0.15) is 0 Å². The van der Waals surface area contributed by atoms with Gasteiger partial charge >= 0.3 is 0 Å². The van der Waals surface area contributed by atoms with Crippen molar-refractivity contribution in [3.05, 3.63) is 70.8 Å². The lowest BCUT2D eigenvalue weighted by Crippen LogP contribution is -2.54. The summed E-state index contributed by atoms with van der Waals surface area (Å²) in [5, 5.41) is 14.6. The number of amides is 2. The topological polar surface area (TPSA) is 126 Å². The van der Waals surface area contributed by atoms with E-state index in [0.717, 1.165) is 29.8 Å². The van der Waals surface area contributed by atoms with E-state index in [4.69, 9.17) is 15.7 Å². The Kier molecular flexibility index (Phi) is 9.68. The lowest BCUT2D eigenvalue weighted by Gasteiger charge is -2.20. The van der Waals surface area contributed by atoms with Crippen molar-refractivity contribution in [2.45, 2.75) is 25.6 Å². The second-order valence-corrected chi connectivity index (χ2v) is 6.98. The van der Waals surface area contributed by atoms with Crippen molar-refractivity contribution in [3.63, 3.8) is 0 Å².